The molecule has 23 heavy (non-hydrogen) atoms. The lowest BCUT2D eigenvalue weighted by Crippen LogP contribution is -2.50. The average Bonchev–Trinajstić information content (AvgIpc) is 2.96. The van der Waals surface area contributed by atoms with Gasteiger partial charge in [0.25, 0.3) is 0 Å². The first kappa shape index (κ1) is 15.4. The van der Waals surface area contributed by atoms with Crippen molar-refractivity contribution < 1.29 is 4.79 Å². The van der Waals surface area contributed by atoms with Crippen LogP contribution in [0.4, 0.5) is 16.3 Å². The zero-order valence-electron chi connectivity index (χ0n) is 13.7. The predicted molar refractivity (Wildman–Crippen MR) is 91.8 cm³/mol. The highest BCUT2D eigenvalue weighted by molar-refractivity contribution is 5.88. The Labute approximate surface area is 136 Å². The molecule has 1 aromatic heterocycles. The first-order valence-electron chi connectivity index (χ1n) is 8.06. The number of benzene rings is 1. The summed E-state index contributed by atoms with van der Waals surface area (Å²) in [6.07, 6.45) is 0.861. The summed E-state index contributed by atoms with van der Waals surface area (Å²) < 4.78 is 1.72. The highest BCUT2D eigenvalue weighted by Gasteiger charge is 2.22. The van der Waals surface area contributed by atoms with Gasteiger partial charge < -0.3 is 9.80 Å². The van der Waals surface area contributed by atoms with Crippen LogP contribution in [0.15, 0.2) is 36.4 Å². The number of carbonyl (C=O) groups is 1. The fourth-order valence-corrected chi connectivity index (χ4v) is 2.81. The van der Waals surface area contributed by atoms with E-state index in [0.29, 0.717) is 0 Å². The molecule has 0 bridgehead atoms. The molecule has 0 spiro atoms. The van der Waals surface area contributed by atoms with E-state index in [1.54, 1.807) is 4.68 Å². The van der Waals surface area contributed by atoms with Crippen LogP contribution >= 0.6 is 0 Å². The third-order valence-electron chi connectivity index (χ3n) is 4.22. The molecule has 1 saturated heterocycles. The van der Waals surface area contributed by atoms with Gasteiger partial charge in [-0.1, -0.05) is 25.1 Å². The zero-order valence-corrected chi connectivity index (χ0v) is 13.7. The van der Waals surface area contributed by atoms with Gasteiger partial charge >= 0.3 is 6.03 Å². The van der Waals surface area contributed by atoms with Crippen LogP contribution in [0.25, 0.3) is 0 Å². The number of aryl methyl sites for hydroxylation is 2. The SMILES string of the molecule is CCc1cc(NC(=O)N2CCN(c3ccccc3)CC2)n(C)n1. The van der Waals surface area contributed by atoms with Crippen LogP contribution in [0.1, 0.15) is 12.6 Å². The Morgan fingerprint density at radius 1 is 1.17 bits per heavy atom. The summed E-state index contributed by atoms with van der Waals surface area (Å²) in [4.78, 5) is 16.6. The highest BCUT2D eigenvalue weighted by Crippen LogP contribution is 2.16. The minimum atomic E-state index is -0.0524. The van der Waals surface area contributed by atoms with E-state index in [-0.39, 0.29) is 6.03 Å². The third kappa shape index (κ3) is 3.47. The van der Waals surface area contributed by atoms with Crippen molar-refractivity contribution in [2.24, 2.45) is 7.05 Å². The lowest BCUT2D eigenvalue weighted by atomic mass is 10.2. The maximum atomic E-state index is 12.4. The molecule has 1 aromatic carbocycles. The molecule has 6 heteroatoms. The number of aromatic nitrogens is 2. The molecule has 1 aliphatic heterocycles. The molecule has 3 rings (SSSR count). The zero-order chi connectivity index (χ0) is 16.2. The molecule has 0 saturated carbocycles. The molecule has 0 atom stereocenters. The van der Waals surface area contributed by atoms with E-state index in [4.69, 9.17) is 0 Å². The van der Waals surface area contributed by atoms with Crippen molar-refractivity contribution in [3.05, 3.63) is 42.1 Å². The van der Waals surface area contributed by atoms with Gasteiger partial charge in [-0.25, -0.2) is 4.79 Å². The minimum Gasteiger partial charge on any atom is -0.368 e. The van der Waals surface area contributed by atoms with E-state index in [9.17, 15) is 4.79 Å². The summed E-state index contributed by atoms with van der Waals surface area (Å²) in [6.45, 7) is 5.20. The van der Waals surface area contributed by atoms with Gasteiger partial charge in [0.2, 0.25) is 0 Å². The summed E-state index contributed by atoms with van der Waals surface area (Å²) in [6, 6.07) is 12.2. The predicted octanol–water partition coefficient (Wildman–Crippen LogP) is 2.34. The number of hydrogen-bond donors (Lipinski definition) is 1. The van der Waals surface area contributed by atoms with E-state index in [1.807, 2.05) is 36.2 Å². The number of amides is 2. The number of urea groups is 1. The molecule has 1 aliphatic rings. The summed E-state index contributed by atoms with van der Waals surface area (Å²) in [5.41, 5.74) is 2.20. The fourth-order valence-electron chi connectivity index (χ4n) is 2.81. The van der Waals surface area contributed by atoms with E-state index in [0.717, 1.165) is 44.1 Å². The summed E-state index contributed by atoms with van der Waals surface area (Å²) in [5, 5.41) is 7.31. The Bertz CT molecular complexity index is 659. The smallest absolute Gasteiger partial charge is 0.323 e. The second kappa shape index (κ2) is 6.73. The van der Waals surface area contributed by atoms with E-state index in [2.05, 4.69) is 34.4 Å². The monoisotopic (exact) mass is 313 g/mol. The highest BCUT2D eigenvalue weighted by atomic mass is 16.2. The Morgan fingerprint density at radius 2 is 1.87 bits per heavy atom. The van der Waals surface area contributed by atoms with Crippen molar-refractivity contribution in [1.29, 1.82) is 0 Å². The van der Waals surface area contributed by atoms with E-state index < -0.39 is 0 Å². The molecule has 122 valence electrons. The van der Waals surface area contributed by atoms with Gasteiger partial charge in [0.15, 0.2) is 0 Å². The maximum Gasteiger partial charge on any atom is 0.323 e. The third-order valence-corrected chi connectivity index (χ3v) is 4.22. The second-order valence-corrected chi connectivity index (χ2v) is 5.74. The van der Waals surface area contributed by atoms with Crippen molar-refractivity contribution in [2.45, 2.75) is 13.3 Å². The first-order chi connectivity index (χ1) is 11.2. The summed E-state index contributed by atoms with van der Waals surface area (Å²) >= 11 is 0. The number of rotatable bonds is 3. The second-order valence-electron chi connectivity index (χ2n) is 5.74. The summed E-state index contributed by atoms with van der Waals surface area (Å²) in [7, 11) is 1.85. The molecule has 1 N–H and O–H groups in total. The number of nitrogens with one attached hydrogen (secondary N) is 1. The van der Waals surface area contributed by atoms with E-state index in [1.165, 1.54) is 5.69 Å². The Hall–Kier alpha value is -2.50. The lowest BCUT2D eigenvalue weighted by Gasteiger charge is -2.36. The lowest BCUT2D eigenvalue weighted by molar-refractivity contribution is 0.208. The summed E-state index contributed by atoms with van der Waals surface area (Å²) in [5.74, 6) is 0.748. The van der Waals surface area contributed by atoms with Crippen LogP contribution in [-0.4, -0.2) is 46.9 Å². The first-order valence-corrected chi connectivity index (χ1v) is 8.06. The Balaban J connectivity index is 1.57. The molecule has 0 unspecified atom stereocenters. The van der Waals surface area contributed by atoms with Gasteiger partial charge in [0.1, 0.15) is 5.82 Å². The van der Waals surface area contributed by atoms with Gasteiger partial charge in [0, 0.05) is 45.0 Å². The average molecular weight is 313 g/mol. The maximum absolute atomic E-state index is 12.4. The van der Waals surface area contributed by atoms with Crippen LogP contribution in [0.2, 0.25) is 0 Å². The molecule has 2 aromatic rings. The van der Waals surface area contributed by atoms with Crippen LogP contribution in [0.3, 0.4) is 0 Å². The van der Waals surface area contributed by atoms with Gasteiger partial charge in [-0.05, 0) is 18.6 Å². The van der Waals surface area contributed by atoms with Crippen LogP contribution < -0.4 is 10.2 Å². The quantitative estimate of drug-likeness (QED) is 0.946. The van der Waals surface area contributed by atoms with Gasteiger partial charge in [-0.15, -0.1) is 0 Å². The van der Waals surface area contributed by atoms with Crippen LogP contribution in [0.5, 0.6) is 0 Å². The topological polar surface area (TPSA) is 53.4 Å². The molecular weight excluding hydrogens is 290 g/mol. The van der Waals surface area contributed by atoms with Crippen LogP contribution in [-0.2, 0) is 13.5 Å². The molecule has 0 radical (unpaired) electrons. The molecule has 2 amide bonds. The van der Waals surface area contributed by atoms with E-state index >= 15 is 0 Å². The van der Waals surface area contributed by atoms with Crippen molar-refractivity contribution >= 4 is 17.5 Å². The fraction of sp³-hybridized carbons (Fsp3) is 0.412. The van der Waals surface area contributed by atoms with Gasteiger partial charge in [0.05, 0.1) is 5.69 Å². The number of hydrogen-bond acceptors (Lipinski definition) is 3. The molecule has 2 heterocycles. The number of anilines is 2. The molecule has 0 aliphatic carbocycles. The number of nitrogens with zero attached hydrogens (tertiary/aromatic N) is 4. The normalized spacial score (nSPS) is 14.9. The Morgan fingerprint density at radius 3 is 2.48 bits per heavy atom. The number of carbonyl (C=O) groups excluding carboxylic acids is 1. The molecular formula is C17H23N5O. The van der Waals surface area contributed by atoms with Crippen molar-refractivity contribution in [3.63, 3.8) is 0 Å². The van der Waals surface area contributed by atoms with Gasteiger partial charge in [-0.2, -0.15) is 5.10 Å². The molecule has 6 nitrogen and oxygen atoms in total. The van der Waals surface area contributed by atoms with Crippen LogP contribution in [0, 0.1) is 0 Å². The van der Waals surface area contributed by atoms with Crippen molar-refractivity contribution in [2.75, 3.05) is 36.4 Å². The van der Waals surface area contributed by atoms with Crippen molar-refractivity contribution in [3.8, 4) is 0 Å². The standard InChI is InChI=1S/C17H23N5O/c1-3-14-13-16(20(2)19-14)18-17(23)22-11-9-21(10-12-22)15-7-5-4-6-8-15/h4-8,13H,3,9-12H2,1-2H3,(H,18,23). The minimum absolute atomic E-state index is 0.0524. The largest absolute Gasteiger partial charge is 0.368 e. The molecule has 1 fully saturated rings. The number of para-hydroxylation sites is 1. The van der Waals surface area contributed by atoms with Crippen molar-refractivity contribution in [1.82, 2.24) is 14.7 Å². The van der Waals surface area contributed by atoms with Gasteiger partial charge in [-0.3, -0.25) is 10.00 Å². The Kier molecular flexibility index (Phi) is 4.50. The number of piperazine rings is 1.